The van der Waals surface area contributed by atoms with E-state index in [4.69, 9.17) is 14.2 Å². The molecule has 1 heterocycles. The molecule has 10 heteroatoms. The number of rotatable bonds is 8. The van der Waals surface area contributed by atoms with Crippen LogP contribution in [0.5, 0.6) is 0 Å². The second-order valence-corrected chi connectivity index (χ2v) is 10.6. The zero-order chi connectivity index (χ0) is 27.9. The van der Waals surface area contributed by atoms with Crippen molar-refractivity contribution in [2.75, 3.05) is 6.61 Å². The van der Waals surface area contributed by atoms with E-state index < -0.39 is 47.4 Å². The summed E-state index contributed by atoms with van der Waals surface area (Å²) in [6.45, 7) is 8.18. The Morgan fingerprint density at radius 2 is 1.53 bits per heavy atom. The first-order valence-corrected chi connectivity index (χ1v) is 12.4. The van der Waals surface area contributed by atoms with Crippen LogP contribution in [0.1, 0.15) is 45.7 Å². The molecule has 1 fully saturated rings. The highest BCUT2D eigenvalue weighted by atomic mass is 16.6. The lowest BCUT2D eigenvalue weighted by Gasteiger charge is -2.37. The van der Waals surface area contributed by atoms with Crippen molar-refractivity contribution >= 4 is 24.2 Å². The number of cyclic esters (lactones) is 1. The summed E-state index contributed by atoms with van der Waals surface area (Å²) in [5.41, 5.74) is -0.513. The van der Waals surface area contributed by atoms with Crippen LogP contribution in [0, 0.1) is 0 Å². The number of imide groups is 1. The third-order valence-electron chi connectivity index (χ3n) is 5.78. The Bertz CT molecular complexity index is 1130. The Morgan fingerprint density at radius 3 is 2.11 bits per heavy atom. The van der Waals surface area contributed by atoms with Gasteiger partial charge in [-0.05, 0) is 52.2 Å². The molecule has 2 N–H and O–H groups in total. The monoisotopic (exact) mass is 525 g/mol. The summed E-state index contributed by atoms with van der Waals surface area (Å²) in [6.07, 6.45) is -2.14. The average Bonchev–Trinajstić information content (AvgIpc) is 3.20. The molecule has 0 aliphatic carbocycles. The Morgan fingerprint density at radius 1 is 0.947 bits per heavy atom. The Kier molecular flexibility index (Phi) is 8.98. The molecule has 1 saturated heterocycles. The van der Waals surface area contributed by atoms with Gasteiger partial charge in [0.2, 0.25) is 0 Å². The molecule has 1 aliphatic rings. The maximum Gasteiger partial charge on any atom is 0.417 e. The minimum atomic E-state index is -1.39. The van der Waals surface area contributed by atoms with Gasteiger partial charge in [0.05, 0.1) is 11.6 Å². The van der Waals surface area contributed by atoms with E-state index in [9.17, 15) is 19.2 Å². The van der Waals surface area contributed by atoms with Crippen LogP contribution in [-0.4, -0.2) is 58.9 Å². The van der Waals surface area contributed by atoms with Gasteiger partial charge in [0.25, 0.3) is 5.91 Å². The van der Waals surface area contributed by atoms with Crippen LogP contribution in [-0.2, 0) is 32.0 Å². The first-order valence-electron chi connectivity index (χ1n) is 12.4. The topological polar surface area (TPSA) is 123 Å². The molecule has 0 aromatic heterocycles. The molecule has 0 saturated carbocycles. The largest absolute Gasteiger partial charge is 0.447 e. The fraction of sp³-hybridized carbons (Fsp3) is 0.429. The molecule has 0 bridgehead atoms. The second-order valence-electron chi connectivity index (χ2n) is 10.6. The standard InChI is InChI=1S/C28H35N3O7/c1-27(2,3)38-25(34)30-28(4,5)22(29-24(33)36-17-20-14-10-7-11-15-20)23(32)31-21(18-37-26(31)35)16-19-12-8-6-9-13-19/h6-15,21-22H,16-18H2,1-5H3,(H,29,33)(H,30,34)/t21-,22?/m1/s1. The molecule has 3 rings (SSSR count). The molecular formula is C28H35N3O7. The number of alkyl carbamates (subject to hydrolysis) is 2. The quantitative estimate of drug-likeness (QED) is 0.496. The lowest BCUT2D eigenvalue weighted by molar-refractivity contribution is -0.133. The smallest absolute Gasteiger partial charge is 0.417 e. The van der Waals surface area contributed by atoms with Gasteiger partial charge in [-0.2, -0.15) is 0 Å². The molecule has 204 valence electrons. The van der Waals surface area contributed by atoms with Gasteiger partial charge in [-0.15, -0.1) is 0 Å². The number of benzene rings is 2. The van der Waals surface area contributed by atoms with Crippen LogP contribution in [0.2, 0.25) is 0 Å². The molecule has 2 aromatic carbocycles. The highest BCUT2D eigenvalue weighted by Crippen LogP contribution is 2.22. The van der Waals surface area contributed by atoms with Crippen molar-refractivity contribution in [2.24, 2.45) is 0 Å². The van der Waals surface area contributed by atoms with Crippen molar-refractivity contribution < 1.29 is 33.4 Å². The van der Waals surface area contributed by atoms with Crippen molar-refractivity contribution in [2.45, 2.75) is 70.9 Å². The van der Waals surface area contributed by atoms with Crippen LogP contribution in [0.4, 0.5) is 14.4 Å². The molecule has 10 nitrogen and oxygen atoms in total. The lowest BCUT2D eigenvalue weighted by Crippen LogP contribution is -2.66. The third kappa shape index (κ3) is 7.96. The van der Waals surface area contributed by atoms with Crippen molar-refractivity contribution in [1.29, 1.82) is 0 Å². The van der Waals surface area contributed by atoms with Crippen LogP contribution in [0.3, 0.4) is 0 Å². The van der Waals surface area contributed by atoms with Gasteiger partial charge in [0, 0.05) is 0 Å². The molecule has 2 atom stereocenters. The number of carbonyl (C=O) groups excluding carboxylic acids is 4. The summed E-state index contributed by atoms with van der Waals surface area (Å²) < 4.78 is 15.9. The number of nitrogens with zero attached hydrogens (tertiary/aromatic N) is 1. The maximum atomic E-state index is 13.8. The molecule has 1 unspecified atom stereocenters. The predicted octanol–water partition coefficient (Wildman–Crippen LogP) is 4.17. The van der Waals surface area contributed by atoms with E-state index in [0.29, 0.717) is 6.42 Å². The molecule has 1 aliphatic heterocycles. The maximum absolute atomic E-state index is 13.8. The van der Waals surface area contributed by atoms with E-state index in [1.165, 1.54) is 0 Å². The van der Waals surface area contributed by atoms with E-state index in [2.05, 4.69) is 10.6 Å². The third-order valence-corrected chi connectivity index (χ3v) is 5.78. The molecule has 0 radical (unpaired) electrons. The fourth-order valence-corrected chi connectivity index (χ4v) is 3.98. The Balaban J connectivity index is 1.82. The molecule has 2 aromatic rings. The van der Waals surface area contributed by atoms with E-state index in [0.717, 1.165) is 16.0 Å². The van der Waals surface area contributed by atoms with Gasteiger partial charge >= 0.3 is 18.3 Å². The second kappa shape index (κ2) is 12.0. The number of nitrogens with one attached hydrogen (secondary N) is 2. The summed E-state index contributed by atoms with van der Waals surface area (Å²) in [7, 11) is 0. The van der Waals surface area contributed by atoms with E-state index in [1.54, 1.807) is 46.8 Å². The van der Waals surface area contributed by atoms with E-state index in [1.807, 2.05) is 48.5 Å². The van der Waals surface area contributed by atoms with E-state index in [-0.39, 0.29) is 13.2 Å². The average molecular weight is 526 g/mol. The van der Waals surface area contributed by atoms with Crippen LogP contribution in [0.25, 0.3) is 0 Å². The van der Waals surface area contributed by atoms with Gasteiger partial charge in [-0.3, -0.25) is 4.79 Å². The predicted molar refractivity (Wildman–Crippen MR) is 139 cm³/mol. The van der Waals surface area contributed by atoms with Gasteiger partial charge in [0.15, 0.2) is 0 Å². The van der Waals surface area contributed by atoms with Gasteiger partial charge in [-0.1, -0.05) is 60.7 Å². The zero-order valence-corrected chi connectivity index (χ0v) is 22.4. The van der Waals surface area contributed by atoms with Crippen molar-refractivity contribution in [3.8, 4) is 0 Å². The fourth-order valence-electron chi connectivity index (χ4n) is 3.98. The summed E-state index contributed by atoms with van der Waals surface area (Å²) in [5, 5.41) is 5.19. The normalized spacial score (nSPS) is 16.3. The minimum absolute atomic E-state index is 0.00453. The van der Waals surface area contributed by atoms with Crippen LogP contribution >= 0.6 is 0 Å². The first-order chi connectivity index (χ1) is 17.9. The minimum Gasteiger partial charge on any atom is -0.447 e. The summed E-state index contributed by atoms with van der Waals surface area (Å²) in [6, 6.07) is 16.4. The number of ether oxygens (including phenoxy) is 3. The highest BCUT2D eigenvalue weighted by Gasteiger charge is 2.47. The molecule has 0 spiro atoms. The highest BCUT2D eigenvalue weighted by molar-refractivity contribution is 5.98. The van der Waals surface area contributed by atoms with E-state index >= 15 is 0 Å². The Hall–Kier alpha value is -4.08. The van der Waals surface area contributed by atoms with Crippen molar-refractivity contribution in [1.82, 2.24) is 15.5 Å². The molecular weight excluding hydrogens is 490 g/mol. The van der Waals surface area contributed by atoms with Crippen molar-refractivity contribution in [3.05, 3.63) is 71.8 Å². The zero-order valence-electron chi connectivity index (χ0n) is 22.4. The SMILES string of the molecule is CC(C)(C)OC(=O)NC(C)(C)C(NC(=O)OCc1ccccc1)C(=O)N1C(=O)OC[C@H]1Cc1ccccc1. The number of hydrogen-bond acceptors (Lipinski definition) is 7. The van der Waals surface area contributed by atoms with Crippen LogP contribution in [0.15, 0.2) is 60.7 Å². The summed E-state index contributed by atoms with van der Waals surface area (Å²) >= 11 is 0. The van der Waals surface area contributed by atoms with Gasteiger partial charge < -0.3 is 24.8 Å². The van der Waals surface area contributed by atoms with Gasteiger partial charge in [-0.25, -0.2) is 19.3 Å². The molecule has 4 amide bonds. The van der Waals surface area contributed by atoms with Crippen molar-refractivity contribution in [3.63, 3.8) is 0 Å². The molecule has 38 heavy (non-hydrogen) atoms. The van der Waals surface area contributed by atoms with Gasteiger partial charge in [0.1, 0.15) is 24.9 Å². The number of hydrogen-bond donors (Lipinski definition) is 2. The Labute approximate surface area is 222 Å². The summed E-state index contributed by atoms with van der Waals surface area (Å²) in [4.78, 5) is 52.9. The lowest BCUT2D eigenvalue weighted by atomic mass is 9.92. The summed E-state index contributed by atoms with van der Waals surface area (Å²) in [5.74, 6) is -0.744. The number of carbonyl (C=O) groups is 4. The number of amides is 4. The first kappa shape index (κ1) is 28.5. The van der Waals surface area contributed by atoms with Crippen LogP contribution < -0.4 is 10.6 Å².